The highest BCUT2D eigenvalue weighted by Gasteiger charge is 1.68. The molecule has 0 aliphatic rings. The third-order valence-corrected chi connectivity index (χ3v) is 0.335. The molecule has 2 heteroatoms. The molecule has 2 nitrogen and oxygen atoms in total. The predicted octanol–water partition coefficient (Wildman–Crippen LogP) is 0.0889. The summed E-state index contributed by atoms with van der Waals surface area (Å²) in [5.41, 5.74) is 0. The second kappa shape index (κ2) is 1.76. The lowest BCUT2D eigenvalue weighted by atomic mass is 10.5. The lowest BCUT2D eigenvalue weighted by Crippen LogP contribution is -1.84. The zero-order chi connectivity index (χ0) is 4.28. The molecule has 0 unspecified atom stereocenters. The molecule has 0 spiro atoms. The monoisotopic (exact) mass is 73.1 g/mol. The van der Waals surface area contributed by atoms with Crippen LogP contribution in [0.2, 0.25) is 0 Å². The maximum Gasteiger partial charge on any atom is 0.112 e. The van der Waals surface area contributed by atoms with Crippen LogP contribution in [0.3, 0.4) is 0 Å². The minimum absolute atomic E-state index is 0.245. The molecule has 0 radical (unpaired) electrons. The average Bonchev–Trinajstić information content (AvgIpc) is 1.38. The van der Waals surface area contributed by atoms with Gasteiger partial charge in [-0.1, -0.05) is 6.92 Å². The topological polar surface area (TPSA) is 45.2 Å². The molecule has 0 aromatic heterocycles. The molecule has 0 rings (SSSR count). The molecular weight excluding hydrogens is 66.0 g/mol. The van der Waals surface area contributed by atoms with Crippen molar-refractivity contribution in [1.29, 1.82) is 0 Å². The van der Waals surface area contributed by atoms with Gasteiger partial charge >= 0.3 is 0 Å². The van der Waals surface area contributed by atoms with Crippen molar-refractivity contribution in [2.24, 2.45) is 0 Å². The number of hydrogen-bond acceptors (Lipinski definition) is 0. The number of nitrogens with zero attached hydrogens (tertiary/aromatic N) is 1. The third kappa shape index (κ3) is 3.47. The van der Waals surface area contributed by atoms with Crippen LogP contribution in [-0.2, 0) is 0 Å². The molecule has 2 N–H and O–H groups in total. The van der Waals surface area contributed by atoms with Crippen molar-refractivity contribution in [3.63, 3.8) is 0 Å². The summed E-state index contributed by atoms with van der Waals surface area (Å²) in [4.78, 5) is 0. The van der Waals surface area contributed by atoms with Gasteiger partial charge in [-0.2, -0.15) is 0 Å². The van der Waals surface area contributed by atoms with Crippen LogP contribution in [0, 0.1) is 0 Å². The van der Waals surface area contributed by atoms with Gasteiger partial charge in [-0.25, -0.2) is 0 Å². The Morgan fingerprint density at radius 3 is 2.20 bits per heavy atom. The minimum Gasteiger partial charge on any atom is -0.725 e. The van der Waals surface area contributed by atoms with E-state index in [4.69, 9.17) is 10.5 Å². The second-order valence-corrected chi connectivity index (χ2v) is 0.800. The zero-order valence-electron chi connectivity index (χ0n) is 3.15. The summed E-state index contributed by atoms with van der Waals surface area (Å²) >= 11 is 0. The van der Waals surface area contributed by atoms with Crippen LogP contribution in [0.25, 0.3) is 5.41 Å². The van der Waals surface area contributed by atoms with Crippen LogP contribution in [0.15, 0.2) is 0 Å². The van der Waals surface area contributed by atoms with Gasteiger partial charge in [0, 0.05) is 6.42 Å². The molecular formula is C3H7NO. The molecule has 0 saturated carbocycles. The van der Waals surface area contributed by atoms with E-state index in [1.54, 1.807) is 6.92 Å². The normalized spacial score (nSPS) is 7.40. The molecule has 0 aromatic carbocycles. The van der Waals surface area contributed by atoms with Gasteiger partial charge in [0.25, 0.3) is 0 Å². The Morgan fingerprint density at radius 1 is 2.00 bits per heavy atom. The SMILES string of the molecule is CCC(=[N-])[OH2+]. The molecule has 0 aliphatic carbocycles. The van der Waals surface area contributed by atoms with E-state index in [0.717, 1.165) is 0 Å². The predicted molar refractivity (Wildman–Crippen MR) is 22.3 cm³/mol. The van der Waals surface area contributed by atoms with Crippen molar-refractivity contribution in [2.75, 3.05) is 0 Å². The molecule has 0 heterocycles. The lowest BCUT2D eigenvalue weighted by molar-refractivity contribution is 0.546. The summed E-state index contributed by atoms with van der Waals surface area (Å²) in [5.74, 6) is -0.245. The van der Waals surface area contributed by atoms with E-state index >= 15 is 0 Å². The molecule has 0 amide bonds. The number of rotatable bonds is 1. The van der Waals surface area contributed by atoms with Crippen molar-refractivity contribution < 1.29 is 5.11 Å². The molecule has 5 heavy (non-hydrogen) atoms. The summed E-state index contributed by atoms with van der Waals surface area (Å²) in [6.07, 6.45) is 0.444. The fraction of sp³-hybridized carbons (Fsp3) is 0.667. The Hall–Kier alpha value is -0.530. The van der Waals surface area contributed by atoms with Gasteiger partial charge < -0.3 is 10.5 Å². The molecule has 0 atom stereocenters. The van der Waals surface area contributed by atoms with Crippen LogP contribution in [0.4, 0.5) is 0 Å². The average molecular weight is 73.1 g/mol. The van der Waals surface area contributed by atoms with Gasteiger partial charge in [0.05, 0.1) is 0 Å². The summed E-state index contributed by atoms with van der Waals surface area (Å²) in [6.45, 7) is 1.72. The molecule has 0 aliphatic heterocycles. The van der Waals surface area contributed by atoms with Gasteiger partial charge in [0.15, 0.2) is 0 Å². The Morgan fingerprint density at radius 2 is 2.20 bits per heavy atom. The summed E-state index contributed by atoms with van der Waals surface area (Å²) < 4.78 is 0. The van der Waals surface area contributed by atoms with Crippen molar-refractivity contribution in [3.05, 3.63) is 5.41 Å². The van der Waals surface area contributed by atoms with E-state index in [9.17, 15) is 0 Å². The van der Waals surface area contributed by atoms with Gasteiger partial charge in [-0.05, 0) is 0 Å². The molecule has 30 valence electrons. The van der Waals surface area contributed by atoms with E-state index in [1.165, 1.54) is 0 Å². The first-order chi connectivity index (χ1) is 2.27. The third-order valence-electron chi connectivity index (χ3n) is 0.335. The highest BCUT2D eigenvalue weighted by Crippen LogP contribution is 1.69. The smallest absolute Gasteiger partial charge is 0.112 e. The maximum atomic E-state index is 7.94. The van der Waals surface area contributed by atoms with E-state index in [-0.39, 0.29) is 5.90 Å². The Balaban J connectivity index is 2.85. The minimum atomic E-state index is -0.245. The lowest BCUT2D eigenvalue weighted by Gasteiger charge is -1.87. The Labute approximate surface area is 30.9 Å². The first-order valence-electron chi connectivity index (χ1n) is 1.53. The molecule has 0 fully saturated rings. The maximum absolute atomic E-state index is 7.94. The van der Waals surface area contributed by atoms with E-state index in [0.29, 0.717) is 6.42 Å². The van der Waals surface area contributed by atoms with Gasteiger partial charge in [0.2, 0.25) is 0 Å². The summed E-state index contributed by atoms with van der Waals surface area (Å²) in [5, 5.41) is 14.2. The highest BCUT2D eigenvalue weighted by molar-refractivity contribution is 5.76. The quantitative estimate of drug-likeness (QED) is 0.240. The van der Waals surface area contributed by atoms with Crippen molar-refractivity contribution in [2.45, 2.75) is 13.3 Å². The van der Waals surface area contributed by atoms with Crippen molar-refractivity contribution >= 4 is 5.90 Å². The van der Waals surface area contributed by atoms with Crippen molar-refractivity contribution in [3.8, 4) is 0 Å². The number of hydrogen-bond donors (Lipinski definition) is 0. The van der Waals surface area contributed by atoms with Gasteiger partial charge in [0.1, 0.15) is 5.90 Å². The van der Waals surface area contributed by atoms with Gasteiger partial charge in [-0.3, -0.25) is 0 Å². The first-order valence-corrected chi connectivity index (χ1v) is 1.53. The van der Waals surface area contributed by atoms with E-state index < -0.39 is 0 Å². The fourth-order valence-electron chi connectivity index (χ4n) is 0. The molecule has 0 bridgehead atoms. The molecule has 0 saturated heterocycles. The van der Waals surface area contributed by atoms with Crippen LogP contribution in [-0.4, -0.2) is 11.0 Å². The van der Waals surface area contributed by atoms with Crippen LogP contribution in [0.5, 0.6) is 0 Å². The van der Waals surface area contributed by atoms with Crippen LogP contribution < -0.4 is 0 Å². The van der Waals surface area contributed by atoms with E-state index in [2.05, 4.69) is 0 Å². The Bertz CT molecular complexity index is 42.2. The Kier molecular flexibility index (Phi) is 1.57. The van der Waals surface area contributed by atoms with Crippen LogP contribution >= 0.6 is 0 Å². The van der Waals surface area contributed by atoms with Crippen molar-refractivity contribution in [1.82, 2.24) is 0 Å². The van der Waals surface area contributed by atoms with Crippen LogP contribution in [0.1, 0.15) is 13.3 Å². The highest BCUT2D eigenvalue weighted by atomic mass is 16.3. The molecule has 0 aromatic rings. The summed E-state index contributed by atoms with van der Waals surface area (Å²) in [7, 11) is 0. The zero-order valence-corrected chi connectivity index (χ0v) is 3.15. The van der Waals surface area contributed by atoms with Gasteiger partial charge in [-0.15, -0.1) is 0 Å². The summed E-state index contributed by atoms with van der Waals surface area (Å²) in [6, 6.07) is 0. The fourth-order valence-corrected chi connectivity index (χ4v) is 0. The standard InChI is InChI=1S/C3H6NO/c1-2-3(4)5/h2H2,1H3,(H-,4,5)/q-1/p+1. The van der Waals surface area contributed by atoms with E-state index in [1.807, 2.05) is 0 Å². The largest absolute Gasteiger partial charge is 0.725 e. The first kappa shape index (κ1) is 4.47. The second-order valence-electron chi connectivity index (χ2n) is 0.800.